The van der Waals surface area contributed by atoms with Gasteiger partial charge in [-0.05, 0) is 26.0 Å². The molecule has 2 aromatic carbocycles. The maximum absolute atomic E-state index is 5.91. The fraction of sp³-hybridized carbons (Fsp3) is 0.182. The molecule has 2 aromatic heterocycles. The van der Waals surface area contributed by atoms with E-state index in [4.69, 9.17) is 4.42 Å². The van der Waals surface area contributed by atoms with E-state index in [2.05, 4.69) is 27.0 Å². The SMILES string of the molecule is C=CCn1c(S[C@H](C)c2nnc(-c3ccc(C)cc3)o2)nnc1-c1ccccc1. The molecule has 0 aliphatic rings. The molecule has 0 radical (unpaired) electrons. The van der Waals surface area contributed by atoms with E-state index in [-0.39, 0.29) is 5.25 Å². The molecule has 6 nitrogen and oxygen atoms in total. The highest BCUT2D eigenvalue weighted by Crippen LogP contribution is 2.35. The van der Waals surface area contributed by atoms with Crippen LogP contribution in [0, 0.1) is 6.92 Å². The molecule has 0 aliphatic carbocycles. The number of rotatable bonds is 7. The van der Waals surface area contributed by atoms with Crippen LogP contribution in [0.1, 0.15) is 23.6 Å². The maximum Gasteiger partial charge on any atom is 0.247 e. The number of allylic oxidation sites excluding steroid dienone is 1. The zero-order chi connectivity index (χ0) is 20.2. The zero-order valence-electron chi connectivity index (χ0n) is 16.3. The van der Waals surface area contributed by atoms with Crippen LogP contribution in [0.15, 0.2) is 76.8 Å². The number of hydrogen-bond acceptors (Lipinski definition) is 6. The van der Waals surface area contributed by atoms with Crippen molar-refractivity contribution in [2.75, 3.05) is 0 Å². The Balaban J connectivity index is 1.57. The lowest BCUT2D eigenvalue weighted by molar-refractivity contribution is 0.508. The van der Waals surface area contributed by atoms with Gasteiger partial charge in [0.2, 0.25) is 11.8 Å². The fourth-order valence-corrected chi connectivity index (χ4v) is 3.78. The minimum atomic E-state index is -0.0712. The molecule has 0 unspecified atom stereocenters. The number of thioether (sulfide) groups is 1. The Morgan fingerprint density at radius 2 is 1.76 bits per heavy atom. The second kappa shape index (κ2) is 8.45. The van der Waals surface area contributed by atoms with Crippen LogP contribution in [-0.4, -0.2) is 25.0 Å². The number of aryl methyl sites for hydroxylation is 1. The van der Waals surface area contributed by atoms with E-state index in [1.807, 2.05) is 79.1 Å². The summed E-state index contributed by atoms with van der Waals surface area (Å²) in [5.41, 5.74) is 3.11. The Morgan fingerprint density at radius 3 is 2.48 bits per heavy atom. The molecular weight excluding hydrogens is 382 g/mol. The summed E-state index contributed by atoms with van der Waals surface area (Å²) in [5.74, 6) is 1.89. The second-order valence-corrected chi connectivity index (χ2v) is 7.95. The van der Waals surface area contributed by atoms with Gasteiger partial charge in [0.25, 0.3) is 0 Å². The van der Waals surface area contributed by atoms with Gasteiger partial charge in [0.15, 0.2) is 11.0 Å². The third-order valence-electron chi connectivity index (χ3n) is 4.43. The number of hydrogen-bond donors (Lipinski definition) is 0. The van der Waals surface area contributed by atoms with E-state index < -0.39 is 0 Å². The molecule has 0 fully saturated rings. The summed E-state index contributed by atoms with van der Waals surface area (Å²) >= 11 is 1.54. The molecule has 0 saturated heterocycles. The van der Waals surface area contributed by atoms with Gasteiger partial charge in [-0.25, -0.2) is 0 Å². The van der Waals surface area contributed by atoms with E-state index in [1.165, 1.54) is 17.3 Å². The number of aromatic nitrogens is 5. The molecule has 4 rings (SSSR count). The molecule has 0 saturated carbocycles. The first-order valence-electron chi connectivity index (χ1n) is 9.32. The Morgan fingerprint density at radius 1 is 1.00 bits per heavy atom. The van der Waals surface area contributed by atoms with Gasteiger partial charge in [0, 0.05) is 17.7 Å². The van der Waals surface area contributed by atoms with Crippen LogP contribution < -0.4 is 0 Å². The minimum absolute atomic E-state index is 0.0712. The molecule has 0 bridgehead atoms. The summed E-state index contributed by atoms with van der Waals surface area (Å²) in [5, 5.41) is 17.9. The quantitative estimate of drug-likeness (QED) is 0.306. The molecule has 7 heteroatoms. The highest BCUT2D eigenvalue weighted by molar-refractivity contribution is 7.99. The van der Waals surface area contributed by atoms with Crippen molar-refractivity contribution in [1.82, 2.24) is 25.0 Å². The number of nitrogens with zero attached hydrogens (tertiary/aromatic N) is 5. The molecule has 1 atom stereocenters. The van der Waals surface area contributed by atoms with E-state index in [9.17, 15) is 0 Å². The highest BCUT2D eigenvalue weighted by Gasteiger charge is 2.21. The Labute approximate surface area is 173 Å². The first kappa shape index (κ1) is 19.1. The van der Waals surface area contributed by atoms with Crippen molar-refractivity contribution in [2.24, 2.45) is 0 Å². The minimum Gasteiger partial charge on any atom is -0.419 e. The standard InChI is InChI=1S/C22H21N5OS/c1-4-14-27-19(17-8-6-5-7-9-17)23-26-22(27)29-16(3)20-24-25-21(28-20)18-12-10-15(2)11-13-18/h4-13,16H,1,14H2,2-3H3/t16-/m1/s1. The largest absolute Gasteiger partial charge is 0.419 e. The summed E-state index contributed by atoms with van der Waals surface area (Å²) < 4.78 is 7.96. The van der Waals surface area contributed by atoms with Gasteiger partial charge in [-0.1, -0.05) is 65.9 Å². The van der Waals surface area contributed by atoms with Gasteiger partial charge in [-0.2, -0.15) is 0 Å². The summed E-state index contributed by atoms with van der Waals surface area (Å²) in [6.45, 7) is 8.55. The van der Waals surface area contributed by atoms with Crippen molar-refractivity contribution < 1.29 is 4.42 Å². The predicted octanol–water partition coefficient (Wildman–Crippen LogP) is 5.34. The topological polar surface area (TPSA) is 69.6 Å². The molecule has 2 heterocycles. The van der Waals surface area contributed by atoms with Gasteiger partial charge < -0.3 is 4.42 Å². The van der Waals surface area contributed by atoms with E-state index in [1.54, 1.807) is 0 Å². The molecule has 146 valence electrons. The average molecular weight is 404 g/mol. The maximum atomic E-state index is 5.91. The van der Waals surface area contributed by atoms with Crippen molar-refractivity contribution in [1.29, 1.82) is 0 Å². The molecule has 29 heavy (non-hydrogen) atoms. The number of benzene rings is 2. The molecule has 0 aliphatic heterocycles. The Kier molecular flexibility index (Phi) is 5.57. The second-order valence-electron chi connectivity index (χ2n) is 6.64. The first-order valence-corrected chi connectivity index (χ1v) is 10.2. The van der Waals surface area contributed by atoms with Gasteiger partial charge in [0.1, 0.15) is 0 Å². The lowest BCUT2D eigenvalue weighted by Gasteiger charge is -2.09. The van der Waals surface area contributed by atoms with Crippen LogP contribution in [0.2, 0.25) is 0 Å². The monoisotopic (exact) mass is 403 g/mol. The average Bonchev–Trinajstić information content (AvgIpc) is 3.38. The van der Waals surface area contributed by atoms with Crippen LogP contribution in [0.25, 0.3) is 22.8 Å². The van der Waals surface area contributed by atoms with Gasteiger partial charge in [0.05, 0.1) is 5.25 Å². The Hall–Kier alpha value is -3.19. The van der Waals surface area contributed by atoms with Gasteiger partial charge >= 0.3 is 0 Å². The lowest BCUT2D eigenvalue weighted by atomic mass is 10.1. The molecule has 0 N–H and O–H groups in total. The highest BCUT2D eigenvalue weighted by atomic mass is 32.2. The third-order valence-corrected chi connectivity index (χ3v) is 5.50. The van der Waals surface area contributed by atoms with Crippen molar-refractivity contribution in [2.45, 2.75) is 30.8 Å². The summed E-state index contributed by atoms with van der Waals surface area (Å²) in [4.78, 5) is 0. The Bertz CT molecular complexity index is 1100. The van der Waals surface area contributed by atoms with Crippen LogP contribution in [0.4, 0.5) is 0 Å². The molecule has 4 aromatic rings. The van der Waals surface area contributed by atoms with Gasteiger partial charge in [-0.15, -0.1) is 27.0 Å². The van der Waals surface area contributed by atoms with Crippen molar-refractivity contribution in [3.05, 3.63) is 78.7 Å². The smallest absolute Gasteiger partial charge is 0.247 e. The zero-order valence-corrected chi connectivity index (χ0v) is 17.1. The van der Waals surface area contributed by atoms with Crippen LogP contribution in [0.5, 0.6) is 0 Å². The van der Waals surface area contributed by atoms with Gasteiger partial charge in [-0.3, -0.25) is 4.57 Å². The van der Waals surface area contributed by atoms with Crippen LogP contribution in [-0.2, 0) is 6.54 Å². The van der Waals surface area contributed by atoms with Crippen molar-refractivity contribution >= 4 is 11.8 Å². The predicted molar refractivity (Wildman–Crippen MR) is 114 cm³/mol. The summed E-state index contributed by atoms with van der Waals surface area (Å²) in [6, 6.07) is 18.0. The molecule has 0 amide bonds. The lowest BCUT2D eigenvalue weighted by Crippen LogP contribution is -2.01. The summed E-state index contributed by atoms with van der Waals surface area (Å²) in [6.07, 6.45) is 1.84. The van der Waals surface area contributed by atoms with E-state index in [0.29, 0.717) is 18.3 Å². The first-order chi connectivity index (χ1) is 14.2. The normalized spacial score (nSPS) is 12.1. The van der Waals surface area contributed by atoms with Crippen LogP contribution in [0.3, 0.4) is 0 Å². The molecular formula is C22H21N5OS. The van der Waals surface area contributed by atoms with E-state index in [0.717, 1.165) is 22.1 Å². The fourth-order valence-electron chi connectivity index (χ4n) is 2.89. The van der Waals surface area contributed by atoms with E-state index >= 15 is 0 Å². The van der Waals surface area contributed by atoms with Crippen molar-refractivity contribution in [3.8, 4) is 22.8 Å². The van der Waals surface area contributed by atoms with Crippen LogP contribution >= 0.6 is 11.8 Å². The van der Waals surface area contributed by atoms with Crippen molar-refractivity contribution in [3.63, 3.8) is 0 Å². The third kappa shape index (κ3) is 4.14. The summed E-state index contributed by atoms with van der Waals surface area (Å²) in [7, 11) is 0. The molecule has 0 spiro atoms.